The van der Waals surface area contributed by atoms with Crippen molar-refractivity contribution in [1.29, 1.82) is 0 Å². The molecule has 3 heteroatoms. The van der Waals surface area contributed by atoms with Crippen molar-refractivity contribution in [3.05, 3.63) is 60.0 Å². The van der Waals surface area contributed by atoms with Gasteiger partial charge in [0.1, 0.15) is 5.52 Å². The molecule has 2 aromatic carbocycles. The van der Waals surface area contributed by atoms with Gasteiger partial charge in [0.05, 0.1) is 0 Å². The molecule has 0 atom stereocenters. The van der Waals surface area contributed by atoms with Gasteiger partial charge in [-0.05, 0) is 17.7 Å². The Labute approximate surface area is 98.9 Å². The zero-order chi connectivity index (χ0) is 11.7. The van der Waals surface area contributed by atoms with Crippen LogP contribution in [0.25, 0.3) is 11.1 Å². The molecule has 3 rings (SSSR count). The Morgan fingerprint density at radius 3 is 2.71 bits per heavy atom. The van der Waals surface area contributed by atoms with Crippen LogP contribution >= 0.6 is 0 Å². The van der Waals surface area contributed by atoms with Gasteiger partial charge in [0.2, 0.25) is 0 Å². The van der Waals surface area contributed by atoms with Crippen LogP contribution in [0.3, 0.4) is 0 Å². The van der Waals surface area contributed by atoms with E-state index in [1.807, 2.05) is 30.3 Å². The highest BCUT2D eigenvalue weighted by molar-refractivity contribution is 5.76. The molecule has 1 heterocycles. The van der Waals surface area contributed by atoms with Crippen LogP contribution in [0.4, 0.5) is 5.69 Å². The molecule has 0 spiro atoms. The second kappa shape index (κ2) is 3.94. The zero-order valence-corrected chi connectivity index (χ0v) is 9.26. The fourth-order valence-corrected chi connectivity index (χ4v) is 1.84. The molecule has 0 saturated heterocycles. The third-order valence-corrected chi connectivity index (χ3v) is 2.65. The van der Waals surface area contributed by atoms with Gasteiger partial charge in [0.25, 0.3) is 0 Å². The van der Waals surface area contributed by atoms with Crippen LogP contribution in [0, 0.1) is 0 Å². The first-order valence-electron chi connectivity index (χ1n) is 5.50. The number of hydrogen-bond donors (Lipinski definition) is 1. The van der Waals surface area contributed by atoms with Gasteiger partial charge in [-0.3, -0.25) is 0 Å². The van der Waals surface area contributed by atoms with Crippen molar-refractivity contribution in [2.45, 2.75) is 6.42 Å². The fourth-order valence-electron chi connectivity index (χ4n) is 1.84. The predicted molar refractivity (Wildman–Crippen MR) is 67.7 cm³/mol. The van der Waals surface area contributed by atoms with Crippen LogP contribution < -0.4 is 5.73 Å². The normalized spacial score (nSPS) is 10.8. The van der Waals surface area contributed by atoms with E-state index in [0.717, 1.165) is 17.0 Å². The van der Waals surface area contributed by atoms with Gasteiger partial charge in [-0.1, -0.05) is 30.3 Å². The van der Waals surface area contributed by atoms with E-state index in [2.05, 4.69) is 17.1 Å². The highest BCUT2D eigenvalue weighted by Gasteiger charge is 2.06. The summed E-state index contributed by atoms with van der Waals surface area (Å²) in [6, 6.07) is 15.6. The molecule has 17 heavy (non-hydrogen) atoms. The van der Waals surface area contributed by atoms with Crippen LogP contribution in [0.2, 0.25) is 0 Å². The van der Waals surface area contributed by atoms with Crippen molar-refractivity contribution >= 4 is 16.8 Å². The third kappa shape index (κ3) is 1.99. The average Bonchev–Trinajstić information content (AvgIpc) is 2.71. The SMILES string of the molecule is Nc1ccc2nc(Cc3ccccc3)oc2c1. The maximum atomic E-state index is 5.70. The average molecular weight is 224 g/mol. The Morgan fingerprint density at radius 1 is 1.06 bits per heavy atom. The highest BCUT2D eigenvalue weighted by atomic mass is 16.3. The minimum atomic E-state index is 0.694. The molecule has 0 aliphatic carbocycles. The fraction of sp³-hybridized carbons (Fsp3) is 0.0714. The van der Waals surface area contributed by atoms with E-state index in [-0.39, 0.29) is 0 Å². The van der Waals surface area contributed by atoms with Gasteiger partial charge in [0.15, 0.2) is 11.5 Å². The van der Waals surface area contributed by atoms with Crippen molar-refractivity contribution in [3.63, 3.8) is 0 Å². The zero-order valence-electron chi connectivity index (χ0n) is 9.26. The molecule has 0 saturated carbocycles. The highest BCUT2D eigenvalue weighted by Crippen LogP contribution is 2.19. The summed E-state index contributed by atoms with van der Waals surface area (Å²) in [7, 11) is 0. The maximum absolute atomic E-state index is 5.70. The van der Waals surface area contributed by atoms with Crippen LogP contribution in [0.1, 0.15) is 11.5 Å². The Balaban J connectivity index is 1.96. The van der Waals surface area contributed by atoms with E-state index < -0.39 is 0 Å². The number of nitrogens with two attached hydrogens (primary N) is 1. The minimum absolute atomic E-state index is 0.694. The third-order valence-electron chi connectivity index (χ3n) is 2.65. The lowest BCUT2D eigenvalue weighted by Crippen LogP contribution is -1.86. The van der Waals surface area contributed by atoms with Gasteiger partial charge in [0, 0.05) is 18.2 Å². The lowest BCUT2D eigenvalue weighted by molar-refractivity contribution is 0.544. The topological polar surface area (TPSA) is 52.0 Å². The molecule has 3 nitrogen and oxygen atoms in total. The molecule has 3 aromatic rings. The van der Waals surface area contributed by atoms with Crippen molar-refractivity contribution in [2.24, 2.45) is 0 Å². The Morgan fingerprint density at radius 2 is 1.88 bits per heavy atom. The number of oxazole rings is 1. The second-order valence-corrected chi connectivity index (χ2v) is 4.00. The van der Waals surface area contributed by atoms with Crippen LogP contribution in [0.15, 0.2) is 52.9 Å². The Hall–Kier alpha value is -2.29. The second-order valence-electron chi connectivity index (χ2n) is 4.00. The largest absolute Gasteiger partial charge is 0.440 e. The summed E-state index contributed by atoms with van der Waals surface area (Å²) in [6.45, 7) is 0. The first kappa shape index (κ1) is 9.90. The van der Waals surface area contributed by atoms with Crippen molar-refractivity contribution < 1.29 is 4.42 Å². The lowest BCUT2D eigenvalue weighted by atomic mass is 10.1. The molecule has 84 valence electrons. The van der Waals surface area contributed by atoms with Crippen molar-refractivity contribution in [3.8, 4) is 0 Å². The summed E-state index contributed by atoms with van der Waals surface area (Å²) < 4.78 is 5.66. The molecule has 0 amide bonds. The van der Waals surface area contributed by atoms with E-state index in [1.165, 1.54) is 5.56 Å². The van der Waals surface area contributed by atoms with Crippen LogP contribution in [-0.2, 0) is 6.42 Å². The first-order chi connectivity index (χ1) is 8.31. The molecular weight excluding hydrogens is 212 g/mol. The quantitative estimate of drug-likeness (QED) is 0.681. The maximum Gasteiger partial charge on any atom is 0.199 e. The number of benzene rings is 2. The standard InChI is InChI=1S/C14H12N2O/c15-11-6-7-12-13(9-11)17-14(16-12)8-10-4-2-1-3-5-10/h1-7,9H,8,15H2. The molecule has 0 unspecified atom stereocenters. The van der Waals surface area contributed by atoms with Gasteiger partial charge in [-0.2, -0.15) is 0 Å². The number of fused-ring (bicyclic) bond motifs is 1. The van der Waals surface area contributed by atoms with Crippen LogP contribution in [0.5, 0.6) is 0 Å². The van der Waals surface area contributed by atoms with Gasteiger partial charge >= 0.3 is 0 Å². The van der Waals surface area contributed by atoms with Crippen molar-refractivity contribution in [2.75, 3.05) is 5.73 Å². The van der Waals surface area contributed by atoms with E-state index >= 15 is 0 Å². The Kier molecular flexibility index (Phi) is 2.29. The number of nitrogens with zero attached hydrogens (tertiary/aromatic N) is 1. The summed E-state index contributed by atoms with van der Waals surface area (Å²) >= 11 is 0. The van der Waals surface area contributed by atoms with Gasteiger partial charge < -0.3 is 10.2 Å². The molecule has 2 N–H and O–H groups in total. The van der Waals surface area contributed by atoms with Crippen molar-refractivity contribution in [1.82, 2.24) is 4.98 Å². The smallest absolute Gasteiger partial charge is 0.199 e. The van der Waals surface area contributed by atoms with Gasteiger partial charge in [-0.25, -0.2) is 4.98 Å². The minimum Gasteiger partial charge on any atom is -0.440 e. The first-order valence-corrected chi connectivity index (χ1v) is 5.50. The number of rotatable bonds is 2. The number of aromatic nitrogens is 1. The molecule has 0 aliphatic rings. The van der Waals surface area contributed by atoms with E-state index in [9.17, 15) is 0 Å². The summed E-state index contributed by atoms with van der Waals surface area (Å²) in [5.74, 6) is 0.719. The Bertz CT molecular complexity index is 644. The number of hydrogen-bond acceptors (Lipinski definition) is 3. The van der Waals surface area contributed by atoms with E-state index in [4.69, 9.17) is 10.2 Å². The van der Waals surface area contributed by atoms with Gasteiger partial charge in [-0.15, -0.1) is 0 Å². The predicted octanol–water partition coefficient (Wildman–Crippen LogP) is 3.00. The molecule has 0 fully saturated rings. The summed E-state index contributed by atoms with van der Waals surface area (Å²) in [6.07, 6.45) is 0.704. The summed E-state index contributed by atoms with van der Waals surface area (Å²) in [5.41, 5.74) is 9.18. The number of anilines is 1. The summed E-state index contributed by atoms with van der Waals surface area (Å²) in [5, 5.41) is 0. The van der Waals surface area contributed by atoms with E-state index in [1.54, 1.807) is 6.07 Å². The molecule has 1 aromatic heterocycles. The van der Waals surface area contributed by atoms with E-state index in [0.29, 0.717) is 12.1 Å². The molecule has 0 bridgehead atoms. The molecule has 0 aliphatic heterocycles. The lowest BCUT2D eigenvalue weighted by Gasteiger charge is -1.94. The molecular formula is C14H12N2O. The summed E-state index contributed by atoms with van der Waals surface area (Å²) in [4.78, 5) is 4.43. The monoisotopic (exact) mass is 224 g/mol. The number of nitrogen functional groups attached to an aromatic ring is 1. The van der Waals surface area contributed by atoms with Crippen LogP contribution in [-0.4, -0.2) is 4.98 Å². The molecule has 0 radical (unpaired) electrons.